The van der Waals surface area contributed by atoms with Gasteiger partial charge >= 0.3 is 0 Å². The van der Waals surface area contributed by atoms with Crippen molar-refractivity contribution in [1.82, 2.24) is 4.90 Å². The zero-order valence-electron chi connectivity index (χ0n) is 11.6. The van der Waals surface area contributed by atoms with Crippen molar-refractivity contribution in [2.24, 2.45) is 11.8 Å². The molecule has 0 saturated carbocycles. The summed E-state index contributed by atoms with van der Waals surface area (Å²) >= 11 is 0. The highest BCUT2D eigenvalue weighted by atomic mass is 16.4. The van der Waals surface area contributed by atoms with Gasteiger partial charge in [-0.2, -0.15) is 0 Å². The first-order valence-corrected chi connectivity index (χ1v) is 6.62. The summed E-state index contributed by atoms with van der Waals surface area (Å²) in [5.74, 6) is 1.30. The number of hydrogen-bond acceptors (Lipinski definition) is 3. The summed E-state index contributed by atoms with van der Waals surface area (Å²) in [6, 6.07) is 3.21. The second-order valence-corrected chi connectivity index (χ2v) is 5.50. The van der Waals surface area contributed by atoms with Crippen LogP contribution < -0.4 is 5.32 Å². The first-order valence-electron chi connectivity index (χ1n) is 6.62. The van der Waals surface area contributed by atoms with E-state index in [1.165, 1.54) is 6.92 Å². The normalized spacial score (nSPS) is 23.2. The van der Waals surface area contributed by atoms with E-state index in [1.807, 2.05) is 4.90 Å². The molecule has 19 heavy (non-hydrogen) atoms. The maximum absolute atomic E-state index is 12.3. The summed E-state index contributed by atoms with van der Waals surface area (Å²) in [7, 11) is 0. The van der Waals surface area contributed by atoms with E-state index in [9.17, 15) is 9.59 Å². The minimum absolute atomic E-state index is 0.102. The van der Waals surface area contributed by atoms with Crippen LogP contribution in [0.2, 0.25) is 0 Å². The average molecular weight is 264 g/mol. The molecule has 1 saturated heterocycles. The van der Waals surface area contributed by atoms with Crippen LogP contribution in [0.25, 0.3) is 0 Å². The zero-order valence-corrected chi connectivity index (χ0v) is 11.6. The van der Waals surface area contributed by atoms with Crippen molar-refractivity contribution in [1.29, 1.82) is 0 Å². The van der Waals surface area contributed by atoms with Crippen molar-refractivity contribution in [3.05, 3.63) is 17.9 Å². The SMILES string of the molecule is CC(=O)Nc1ccc(C(=O)N2C[C@H](C)C[C@H](C)C2)o1. The van der Waals surface area contributed by atoms with Gasteiger partial charge in [-0.15, -0.1) is 0 Å². The first kappa shape index (κ1) is 13.6. The Labute approximate surface area is 113 Å². The van der Waals surface area contributed by atoms with Crippen molar-refractivity contribution < 1.29 is 14.0 Å². The Morgan fingerprint density at radius 1 is 1.26 bits per heavy atom. The van der Waals surface area contributed by atoms with Crippen LogP contribution in [0.3, 0.4) is 0 Å². The molecule has 2 heterocycles. The van der Waals surface area contributed by atoms with E-state index in [2.05, 4.69) is 19.2 Å². The number of anilines is 1. The third kappa shape index (κ3) is 3.36. The second-order valence-electron chi connectivity index (χ2n) is 5.50. The van der Waals surface area contributed by atoms with Crippen LogP contribution in [0.1, 0.15) is 37.7 Å². The quantitative estimate of drug-likeness (QED) is 0.892. The van der Waals surface area contributed by atoms with Gasteiger partial charge in [0.15, 0.2) is 11.6 Å². The molecule has 0 aliphatic carbocycles. The summed E-state index contributed by atoms with van der Waals surface area (Å²) in [4.78, 5) is 25.1. The molecule has 1 N–H and O–H groups in total. The van der Waals surface area contributed by atoms with Gasteiger partial charge in [-0.3, -0.25) is 14.9 Å². The maximum Gasteiger partial charge on any atom is 0.289 e. The molecule has 5 nitrogen and oxygen atoms in total. The van der Waals surface area contributed by atoms with Gasteiger partial charge in [-0.25, -0.2) is 0 Å². The fourth-order valence-electron chi connectivity index (χ4n) is 2.68. The molecule has 0 radical (unpaired) electrons. The molecule has 2 rings (SSSR count). The third-order valence-electron chi connectivity index (χ3n) is 3.27. The Morgan fingerprint density at radius 2 is 1.89 bits per heavy atom. The Kier molecular flexibility index (Phi) is 3.93. The smallest absolute Gasteiger partial charge is 0.289 e. The van der Waals surface area contributed by atoms with E-state index in [-0.39, 0.29) is 17.6 Å². The van der Waals surface area contributed by atoms with Crippen LogP contribution in [0.4, 0.5) is 5.88 Å². The standard InChI is InChI=1S/C14H20N2O3/c1-9-6-10(2)8-16(7-9)14(18)12-4-5-13(19-12)15-11(3)17/h4-5,9-10H,6-8H2,1-3H3,(H,15,17)/t9-,10+. The molecule has 1 fully saturated rings. The van der Waals surface area contributed by atoms with Gasteiger partial charge in [0.1, 0.15) is 0 Å². The lowest BCUT2D eigenvalue weighted by Crippen LogP contribution is -2.42. The molecule has 0 spiro atoms. The number of amides is 2. The molecular formula is C14H20N2O3. The largest absolute Gasteiger partial charge is 0.435 e. The Balaban J connectivity index is 2.06. The van der Waals surface area contributed by atoms with E-state index in [1.54, 1.807) is 12.1 Å². The lowest BCUT2D eigenvalue weighted by Gasteiger charge is -2.34. The number of carbonyl (C=O) groups excluding carboxylic acids is 2. The molecular weight excluding hydrogens is 244 g/mol. The summed E-state index contributed by atoms with van der Waals surface area (Å²) in [5.41, 5.74) is 0. The van der Waals surface area contributed by atoms with E-state index in [0.717, 1.165) is 19.5 Å². The van der Waals surface area contributed by atoms with Gasteiger partial charge in [-0.1, -0.05) is 13.8 Å². The monoisotopic (exact) mass is 264 g/mol. The van der Waals surface area contributed by atoms with Crippen molar-refractivity contribution in [3.63, 3.8) is 0 Å². The number of rotatable bonds is 2. The number of likely N-dealkylation sites (tertiary alicyclic amines) is 1. The maximum atomic E-state index is 12.3. The van der Waals surface area contributed by atoms with Gasteiger partial charge in [0.25, 0.3) is 5.91 Å². The van der Waals surface area contributed by atoms with Crippen LogP contribution in [-0.2, 0) is 4.79 Å². The Hall–Kier alpha value is -1.78. The Morgan fingerprint density at radius 3 is 2.47 bits per heavy atom. The van der Waals surface area contributed by atoms with E-state index >= 15 is 0 Å². The fraction of sp³-hybridized carbons (Fsp3) is 0.571. The molecule has 0 unspecified atom stereocenters. The molecule has 1 aliphatic rings. The molecule has 2 amide bonds. The van der Waals surface area contributed by atoms with Crippen LogP contribution in [-0.4, -0.2) is 29.8 Å². The Bertz CT molecular complexity index is 471. The summed E-state index contributed by atoms with van der Waals surface area (Å²) < 4.78 is 5.36. The first-order chi connectivity index (χ1) is 8.95. The van der Waals surface area contributed by atoms with Crippen molar-refractivity contribution in [2.45, 2.75) is 27.2 Å². The van der Waals surface area contributed by atoms with E-state index in [4.69, 9.17) is 4.42 Å². The predicted molar refractivity (Wildman–Crippen MR) is 71.9 cm³/mol. The van der Waals surface area contributed by atoms with Gasteiger partial charge in [-0.05, 0) is 24.3 Å². The fourth-order valence-corrected chi connectivity index (χ4v) is 2.68. The second kappa shape index (κ2) is 5.47. The van der Waals surface area contributed by atoms with Crippen LogP contribution >= 0.6 is 0 Å². The molecule has 1 aliphatic heterocycles. The number of carbonyl (C=O) groups is 2. The van der Waals surface area contributed by atoms with Crippen molar-refractivity contribution in [2.75, 3.05) is 18.4 Å². The molecule has 0 bridgehead atoms. The molecule has 1 aromatic heterocycles. The lowest BCUT2D eigenvalue weighted by atomic mass is 9.92. The van der Waals surface area contributed by atoms with E-state index < -0.39 is 0 Å². The number of nitrogens with zero attached hydrogens (tertiary/aromatic N) is 1. The van der Waals surface area contributed by atoms with E-state index in [0.29, 0.717) is 17.7 Å². The lowest BCUT2D eigenvalue weighted by molar-refractivity contribution is -0.114. The minimum atomic E-state index is -0.214. The highest BCUT2D eigenvalue weighted by Crippen LogP contribution is 2.23. The average Bonchev–Trinajstić information content (AvgIpc) is 2.74. The number of hydrogen-bond donors (Lipinski definition) is 1. The van der Waals surface area contributed by atoms with Crippen LogP contribution in [0.5, 0.6) is 0 Å². The van der Waals surface area contributed by atoms with Crippen molar-refractivity contribution >= 4 is 17.7 Å². The minimum Gasteiger partial charge on any atom is -0.435 e. The predicted octanol–water partition coefficient (Wildman–Crippen LogP) is 2.36. The van der Waals surface area contributed by atoms with Gasteiger partial charge in [0, 0.05) is 26.1 Å². The van der Waals surface area contributed by atoms with Gasteiger partial charge in [0.05, 0.1) is 0 Å². The van der Waals surface area contributed by atoms with Crippen molar-refractivity contribution in [3.8, 4) is 0 Å². The number of nitrogens with one attached hydrogen (secondary N) is 1. The topological polar surface area (TPSA) is 62.6 Å². The van der Waals surface area contributed by atoms with Crippen LogP contribution in [0.15, 0.2) is 16.5 Å². The van der Waals surface area contributed by atoms with Gasteiger partial charge in [0.2, 0.25) is 5.91 Å². The molecule has 1 aromatic rings. The number of piperidine rings is 1. The molecule has 2 atom stereocenters. The summed E-state index contributed by atoms with van der Waals surface area (Å²) in [5, 5.41) is 2.52. The summed E-state index contributed by atoms with van der Waals surface area (Å²) in [6.45, 7) is 7.23. The third-order valence-corrected chi connectivity index (χ3v) is 3.27. The highest BCUT2D eigenvalue weighted by molar-refractivity contribution is 5.93. The zero-order chi connectivity index (χ0) is 14.0. The van der Waals surface area contributed by atoms with Crippen LogP contribution in [0, 0.1) is 11.8 Å². The molecule has 5 heteroatoms. The molecule has 104 valence electrons. The highest BCUT2D eigenvalue weighted by Gasteiger charge is 2.27. The summed E-state index contributed by atoms with van der Waals surface area (Å²) in [6.07, 6.45) is 1.15. The molecule has 0 aromatic carbocycles. The van der Waals surface area contributed by atoms with Gasteiger partial charge < -0.3 is 9.32 Å². The number of furan rings is 1.